The van der Waals surface area contributed by atoms with Crippen LogP contribution >= 0.6 is 0 Å². The minimum atomic E-state index is -0.186. The van der Waals surface area contributed by atoms with E-state index in [-0.39, 0.29) is 12.0 Å². The molecule has 0 saturated carbocycles. The summed E-state index contributed by atoms with van der Waals surface area (Å²) < 4.78 is 5.19. The van der Waals surface area contributed by atoms with Crippen LogP contribution in [0.15, 0.2) is 36.5 Å². The fourth-order valence-corrected chi connectivity index (χ4v) is 5.15. The van der Waals surface area contributed by atoms with Crippen LogP contribution in [0.5, 0.6) is 0 Å². The maximum Gasteiger partial charge on any atom is 0.409 e. The number of nitrogens with zero attached hydrogens (tertiary/aromatic N) is 2. The minimum Gasteiger partial charge on any atom is -0.450 e. The molecule has 2 heterocycles. The molecule has 0 bridgehead atoms. The summed E-state index contributed by atoms with van der Waals surface area (Å²) in [5.74, 6) is 0.713. The van der Waals surface area contributed by atoms with E-state index in [1.807, 2.05) is 24.1 Å². The zero-order valence-corrected chi connectivity index (χ0v) is 22.3. The summed E-state index contributed by atoms with van der Waals surface area (Å²) in [7, 11) is 0. The van der Waals surface area contributed by atoms with Gasteiger partial charge in [-0.2, -0.15) is 0 Å². The molecule has 2 aliphatic rings. The van der Waals surface area contributed by atoms with Crippen molar-refractivity contribution in [3.8, 4) is 0 Å². The Balaban J connectivity index is 0.000000429. The molecule has 1 aliphatic heterocycles. The predicted molar refractivity (Wildman–Crippen MR) is 146 cm³/mol. The van der Waals surface area contributed by atoms with E-state index in [4.69, 9.17) is 9.72 Å². The molecular weight excluding hydrogens is 434 g/mol. The summed E-state index contributed by atoms with van der Waals surface area (Å²) in [4.78, 5) is 18.8. The van der Waals surface area contributed by atoms with Crippen LogP contribution in [0, 0.1) is 12.8 Å². The molecule has 5 heteroatoms. The van der Waals surface area contributed by atoms with E-state index in [0.29, 0.717) is 12.5 Å². The Bertz CT molecular complexity index is 989. The summed E-state index contributed by atoms with van der Waals surface area (Å²) in [5, 5.41) is 3.28. The topological polar surface area (TPSA) is 54.5 Å². The molecule has 35 heavy (non-hydrogen) atoms. The van der Waals surface area contributed by atoms with E-state index < -0.39 is 0 Å². The fraction of sp³-hybridized carbons (Fsp3) is 0.533. The van der Waals surface area contributed by atoms with Crippen molar-refractivity contribution < 1.29 is 9.53 Å². The minimum absolute atomic E-state index is 0.186. The summed E-state index contributed by atoms with van der Waals surface area (Å²) in [6.07, 6.45) is 8.45. The molecule has 2 aromatic rings. The maximum absolute atomic E-state index is 12.1. The number of nitrogens with one attached hydrogen (secondary N) is 1. The Morgan fingerprint density at radius 2 is 1.80 bits per heavy atom. The van der Waals surface area contributed by atoms with Crippen molar-refractivity contribution in [3.05, 3.63) is 64.5 Å². The van der Waals surface area contributed by atoms with E-state index in [9.17, 15) is 4.79 Å². The van der Waals surface area contributed by atoms with Gasteiger partial charge in [-0.1, -0.05) is 49.8 Å². The summed E-state index contributed by atoms with van der Waals surface area (Å²) in [5.41, 5.74) is 7.62. The van der Waals surface area contributed by atoms with Crippen molar-refractivity contribution in [3.63, 3.8) is 0 Å². The first-order valence-corrected chi connectivity index (χ1v) is 13.4. The Morgan fingerprint density at radius 1 is 1.09 bits per heavy atom. The summed E-state index contributed by atoms with van der Waals surface area (Å²) in [6, 6.07) is 11.0. The first kappa shape index (κ1) is 26.9. The lowest BCUT2D eigenvalue weighted by Gasteiger charge is -2.36. The summed E-state index contributed by atoms with van der Waals surface area (Å²) >= 11 is 0. The molecule has 1 aliphatic carbocycles. The van der Waals surface area contributed by atoms with Gasteiger partial charge in [-0.15, -0.1) is 0 Å². The van der Waals surface area contributed by atoms with Crippen LogP contribution in [0.2, 0.25) is 0 Å². The molecule has 0 spiro atoms. The average Bonchev–Trinajstić information content (AvgIpc) is 2.98. The van der Waals surface area contributed by atoms with Gasteiger partial charge < -0.3 is 15.0 Å². The number of benzene rings is 1. The zero-order chi connectivity index (χ0) is 25.2. The third-order valence-corrected chi connectivity index (χ3v) is 6.90. The molecule has 1 N–H and O–H groups in total. The largest absolute Gasteiger partial charge is 0.450 e. The van der Waals surface area contributed by atoms with Crippen LogP contribution in [0.4, 0.5) is 4.79 Å². The molecule has 1 saturated heterocycles. The van der Waals surface area contributed by atoms with Crippen LogP contribution in [0.25, 0.3) is 11.6 Å². The highest BCUT2D eigenvalue weighted by Gasteiger charge is 2.34. The van der Waals surface area contributed by atoms with E-state index in [1.54, 1.807) is 0 Å². The maximum atomic E-state index is 12.1. The highest BCUT2D eigenvalue weighted by atomic mass is 16.6. The van der Waals surface area contributed by atoms with Crippen LogP contribution < -0.4 is 5.32 Å². The average molecular weight is 478 g/mol. The lowest BCUT2D eigenvalue weighted by molar-refractivity contribution is 0.0900. The number of rotatable bonds is 6. The predicted octanol–water partition coefficient (Wildman–Crippen LogP) is 6.66. The van der Waals surface area contributed by atoms with Gasteiger partial charge >= 0.3 is 6.09 Å². The number of likely N-dealkylation sites (tertiary alicyclic amines) is 1. The number of hydrogen-bond acceptors (Lipinski definition) is 4. The number of fused-ring (bicyclic) bond motifs is 2. The molecule has 1 atom stereocenters. The quantitative estimate of drug-likeness (QED) is 0.473. The molecule has 4 rings (SSSR count). The van der Waals surface area contributed by atoms with Crippen molar-refractivity contribution in [2.24, 2.45) is 5.92 Å². The SMILES string of the molecule is CCCNCCC.CCOC(=O)N1CCC(C2c3ccc(C)cc3C=C(C)c3cccnc32)CC1. The Hall–Kier alpha value is -2.66. The number of allylic oxidation sites excluding steroid dienone is 1. The third kappa shape index (κ3) is 6.94. The van der Waals surface area contributed by atoms with Gasteiger partial charge in [-0.25, -0.2) is 4.79 Å². The van der Waals surface area contributed by atoms with Gasteiger partial charge in [0, 0.05) is 25.2 Å². The van der Waals surface area contributed by atoms with E-state index in [0.717, 1.165) is 25.9 Å². The smallest absolute Gasteiger partial charge is 0.409 e. The first-order valence-electron chi connectivity index (χ1n) is 13.4. The fourth-order valence-electron chi connectivity index (χ4n) is 5.15. The molecule has 1 aromatic carbocycles. The number of amides is 1. The van der Waals surface area contributed by atoms with Crippen LogP contribution in [-0.2, 0) is 4.74 Å². The second-order valence-corrected chi connectivity index (χ2v) is 9.65. The van der Waals surface area contributed by atoms with Gasteiger partial charge in [0.2, 0.25) is 0 Å². The van der Waals surface area contributed by atoms with Crippen LogP contribution in [-0.4, -0.2) is 48.8 Å². The first-order chi connectivity index (χ1) is 17.0. The van der Waals surface area contributed by atoms with Gasteiger partial charge in [-0.05, 0) is 93.8 Å². The standard InChI is InChI=1S/C24H28N2O2.C6H15N/c1-4-28-24(27)26-12-9-18(10-13-26)22-21-8-7-16(2)14-19(21)15-17(3)20-6-5-11-25-23(20)22;1-3-5-7-6-4-2/h5-8,11,14-15,18,22H,4,9-10,12-13H2,1-3H3;7H,3-6H2,1-2H3. The lowest BCUT2D eigenvalue weighted by Crippen LogP contribution is -2.40. The third-order valence-electron chi connectivity index (χ3n) is 6.90. The molecule has 1 aromatic heterocycles. The van der Waals surface area contributed by atoms with Crippen LogP contribution in [0.3, 0.4) is 0 Å². The number of aryl methyl sites for hydroxylation is 1. The second kappa shape index (κ2) is 13.4. The molecule has 5 nitrogen and oxygen atoms in total. The Kier molecular flexibility index (Phi) is 10.3. The number of piperidine rings is 1. The number of hydrogen-bond donors (Lipinski definition) is 1. The molecule has 1 unspecified atom stereocenters. The molecule has 1 fully saturated rings. The highest BCUT2D eigenvalue weighted by Crippen LogP contribution is 2.44. The van der Waals surface area contributed by atoms with Gasteiger partial charge in [0.25, 0.3) is 0 Å². The number of carbonyl (C=O) groups is 1. The second-order valence-electron chi connectivity index (χ2n) is 9.65. The lowest BCUT2D eigenvalue weighted by atomic mass is 9.76. The van der Waals surface area contributed by atoms with Crippen molar-refractivity contribution in [1.82, 2.24) is 15.2 Å². The highest BCUT2D eigenvalue weighted by molar-refractivity contribution is 5.84. The molecule has 0 radical (unpaired) electrons. The van der Waals surface area contributed by atoms with Crippen molar-refractivity contribution in [2.45, 2.75) is 66.2 Å². The monoisotopic (exact) mass is 477 g/mol. The number of ether oxygens (including phenoxy) is 1. The van der Waals surface area contributed by atoms with Crippen molar-refractivity contribution >= 4 is 17.7 Å². The normalized spacial score (nSPS) is 17.3. The van der Waals surface area contributed by atoms with Gasteiger partial charge in [0.1, 0.15) is 0 Å². The van der Waals surface area contributed by atoms with Crippen molar-refractivity contribution in [1.29, 1.82) is 0 Å². The van der Waals surface area contributed by atoms with Crippen LogP contribution in [0.1, 0.15) is 87.2 Å². The summed E-state index contributed by atoms with van der Waals surface area (Å²) in [6.45, 7) is 14.8. The molecular formula is C30H43N3O2. The zero-order valence-electron chi connectivity index (χ0n) is 22.3. The van der Waals surface area contributed by atoms with E-state index >= 15 is 0 Å². The van der Waals surface area contributed by atoms with Gasteiger partial charge in [0.05, 0.1) is 12.3 Å². The van der Waals surface area contributed by atoms with Gasteiger partial charge in [0.15, 0.2) is 0 Å². The Morgan fingerprint density at radius 3 is 2.46 bits per heavy atom. The number of pyridine rings is 1. The number of carbonyl (C=O) groups excluding carboxylic acids is 1. The van der Waals surface area contributed by atoms with Gasteiger partial charge in [-0.3, -0.25) is 4.98 Å². The van der Waals surface area contributed by atoms with E-state index in [1.165, 1.54) is 59.5 Å². The number of aromatic nitrogens is 1. The van der Waals surface area contributed by atoms with E-state index in [2.05, 4.69) is 63.4 Å². The molecule has 1 amide bonds. The Labute approximate surface area is 212 Å². The van der Waals surface area contributed by atoms with Crippen molar-refractivity contribution in [2.75, 3.05) is 32.8 Å². The molecule has 190 valence electrons.